The van der Waals surface area contributed by atoms with Crippen LogP contribution in [-0.4, -0.2) is 11.0 Å². The average molecular weight is 246 g/mol. The molecule has 1 unspecified atom stereocenters. The number of pyridine rings is 1. The summed E-state index contributed by atoms with van der Waals surface area (Å²) >= 11 is 0. The summed E-state index contributed by atoms with van der Waals surface area (Å²) in [6, 6.07) is 7.21. The third-order valence-corrected chi connectivity index (χ3v) is 3.84. The van der Waals surface area contributed by atoms with Crippen molar-refractivity contribution in [3.8, 4) is 0 Å². The summed E-state index contributed by atoms with van der Waals surface area (Å²) in [5, 5.41) is 3.79. The molecule has 1 fully saturated rings. The molecule has 2 rings (SSSR count). The Labute approximate surface area is 111 Å². The molecule has 1 aromatic rings. The monoisotopic (exact) mass is 246 g/mol. The minimum absolute atomic E-state index is 0.365. The zero-order chi connectivity index (χ0) is 13.0. The molecule has 0 aliphatic heterocycles. The molecule has 1 aromatic heterocycles. The van der Waals surface area contributed by atoms with Gasteiger partial charge in [-0.1, -0.05) is 19.9 Å². The van der Waals surface area contributed by atoms with Crippen LogP contribution in [0.3, 0.4) is 0 Å². The number of nitrogens with one attached hydrogen (secondary N) is 1. The second-order valence-corrected chi connectivity index (χ2v) is 6.06. The van der Waals surface area contributed by atoms with E-state index in [0.717, 1.165) is 17.5 Å². The smallest absolute Gasteiger partial charge is 0.0570 e. The number of nitrogens with zero attached hydrogens (tertiary/aromatic N) is 1. The lowest BCUT2D eigenvalue weighted by Crippen LogP contribution is -2.34. The maximum atomic E-state index is 4.44. The second-order valence-electron chi connectivity index (χ2n) is 6.06. The minimum Gasteiger partial charge on any atom is -0.306 e. The van der Waals surface area contributed by atoms with Crippen LogP contribution in [0.25, 0.3) is 0 Å². The highest BCUT2D eigenvalue weighted by molar-refractivity contribution is 5.08. The van der Waals surface area contributed by atoms with Crippen molar-refractivity contribution in [2.45, 2.75) is 58.5 Å². The molecule has 18 heavy (non-hydrogen) atoms. The Balaban J connectivity index is 1.88. The molecule has 2 atom stereocenters. The van der Waals surface area contributed by atoms with Gasteiger partial charge in [-0.15, -0.1) is 0 Å². The lowest BCUT2D eigenvalue weighted by molar-refractivity contribution is 0.362. The SMILES string of the molecule is CC(C)CCC(N[C@@H](C)c1ccccn1)C1CC1. The lowest BCUT2D eigenvalue weighted by Gasteiger charge is -2.23. The molecule has 2 heteroatoms. The van der Waals surface area contributed by atoms with Gasteiger partial charge in [0.2, 0.25) is 0 Å². The largest absolute Gasteiger partial charge is 0.306 e. The van der Waals surface area contributed by atoms with E-state index in [2.05, 4.69) is 43.2 Å². The topological polar surface area (TPSA) is 24.9 Å². The number of hydrogen-bond donors (Lipinski definition) is 1. The van der Waals surface area contributed by atoms with E-state index >= 15 is 0 Å². The maximum absolute atomic E-state index is 4.44. The summed E-state index contributed by atoms with van der Waals surface area (Å²) in [5.74, 6) is 1.72. The zero-order valence-electron chi connectivity index (χ0n) is 11.9. The molecular formula is C16H26N2. The molecule has 0 spiro atoms. The summed E-state index contributed by atoms with van der Waals surface area (Å²) in [7, 11) is 0. The fourth-order valence-electron chi connectivity index (χ4n) is 2.51. The first-order valence-electron chi connectivity index (χ1n) is 7.33. The summed E-state index contributed by atoms with van der Waals surface area (Å²) in [4.78, 5) is 4.44. The predicted octanol–water partition coefficient (Wildman–Crippen LogP) is 3.95. The van der Waals surface area contributed by atoms with Crippen molar-refractivity contribution in [3.63, 3.8) is 0 Å². The van der Waals surface area contributed by atoms with Crippen LogP contribution in [-0.2, 0) is 0 Å². The standard InChI is InChI=1S/C16H26N2/c1-12(2)7-10-16(14-8-9-14)18-13(3)15-6-4-5-11-17-15/h4-6,11-14,16,18H,7-10H2,1-3H3/t13-,16?/m0/s1. The van der Waals surface area contributed by atoms with Crippen molar-refractivity contribution in [2.24, 2.45) is 11.8 Å². The predicted molar refractivity (Wildman–Crippen MR) is 76.4 cm³/mol. The zero-order valence-corrected chi connectivity index (χ0v) is 11.9. The van der Waals surface area contributed by atoms with Gasteiger partial charge in [0, 0.05) is 18.3 Å². The molecule has 0 saturated heterocycles. The molecule has 0 amide bonds. The molecule has 1 N–H and O–H groups in total. The van der Waals surface area contributed by atoms with Crippen LogP contribution >= 0.6 is 0 Å². The molecule has 0 aromatic carbocycles. The van der Waals surface area contributed by atoms with Gasteiger partial charge in [0.1, 0.15) is 0 Å². The van der Waals surface area contributed by atoms with E-state index in [1.807, 2.05) is 12.3 Å². The molecule has 1 aliphatic rings. The van der Waals surface area contributed by atoms with Crippen LogP contribution in [0, 0.1) is 11.8 Å². The first-order chi connectivity index (χ1) is 8.66. The highest BCUT2D eigenvalue weighted by Crippen LogP contribution is 2.36. The molecule has 0 bridgehead atoms. The van der Waals surface area contributed by atoms with E-state index in [4.69, 9.17) is 0 Å². The molecule has 1 saturated carbocycles. The van der Waals surface area contributed by atoms with Crippen LogP contribution in [0.4, 0.5) is 0 Å². The van der Waals surface area contributed by atoms with Crippen LogP contribution in [0.1, 0.15) is 58.2 Å². The van der Waals surface area contributed by atoms with Gasteiger partial charge in [-0.2, -0.15) is 0 Å². The molecule has 2 nitrogen and oxygen atoms in total. The van der Waals surface area contributed by atoms with Crippen LogP contribution < -0.4 is 5.32 Å². The molecule has 1 aliphatic carbocycles. The number of aromatic nitrogens is 1. The van der Waals surface area contributed by atoms with Gasteiger partial charge >= 0.3 is 0 Å². The normalized spacial score (nSPS) is 18.9. The summed E-state index contributed by atoms with van der Waals surface area (Å²) in [6.45, 7) is 6.85. The first kappa shape index (κ1) is 13.5. The van der Waals surface area contributed by atoms with E-state index in [1.54, 1.807) is 0 Å². The Morgan fingerprint density at radius 1 is 1.22 bits per heavy atom. The Kier molecular flexibility index (Phi) is 4.76. The van der Waals surface area contributed by atoms with E-state index in [1.165, 1.54) is 25.7 Å². The Hall–Kier alpha value is -0.890. The Bertz CT molecular complexity index is 343. The van der Waals surface area contributed by atoms with Gasteiger partial charge in [0.15, 0.2) is 0 Å². The van der Waals surface area contributed by atoms with Crippen LogP contribution in [0.2, 0.25) is 0 Å². The van der Waals surface area contributed by atoms with Crippen LogP contribution in [0.5, 0.6) is 0 Å². The van der Waals surface area contributed by atoms with E-state index in [0.29, 0.717) is 12.1 Å². The van der Waals surface area contributed by atoms with Crippen molar-refractivity contribution >= 4 is 0 Å². The number of rotatable bonds is 7. The van der Waals surface area contributed by atoms with Gasteiger partial charge < -0.3 is 5.32 Å². The summed E-state index contributed by atoms with van der Waals surface area (Å²) in [5.41, 5.74) is 1.16. The summed E-state index contributed by atoms with van der Waals surface area (Å²) < 4.78 is 0. The second kappa shape index (κ2) is 6.33. The van der Waals surface area contributed by atoms with Crippen LogP contribution in [0.15, 0.2) is 24.4 Å². The quantitative estimate of drug-likeness (QED) is 0.788. The van der Waals surface area contributed by atoms with Crippen molar-refractivity contribution in [2.75, 3.05) is 0 Å². The average Bonchev–Trinajstić information content (AvgIpc) is 3.19. The molecular weight excluding hydrogens is 220 g/mol. The van der Waals surface area contributed by atoms with Crippen molar-refractivity contribution in [3.05, 3.63) is 30.1 Å². The van der Waals surface area contributed by atoms with Gasteiger partial charge in [0.05, 0.1) is 5.69 Å². The van der Waals surface area contributed by atoms with E-state index < -0.39 is 0 Å². The minimum atomic E-state index is 0.365. The maximum Gasteiger partial charge on any atom is 0.0570 e. The third-order valence-electron chi connectivity index (χ3n) is 3.84. The lowest BCUT2D eigenvalue weighted by atomic mass is 9.99. The van der Waals surface area contributed by atoms with Gasteiger partial charge in [-0.3, -0.25) is 4.98 Å². The van der Waals surface area contributed by atoms with Gasteiger partial charge in [-0.05, 0) is 56.6 Å². The highest BCUT2D eigenvalue weighted by Gasteiger charge is 2.31. The molecule has 1 heterocycles. The highest BCUT2D eigenvalue weighted by atomic mass is 15.0. The van der Waals surface area contributed by atoms with Crippen molar-refractivity contribution in [1.29, 1.82) is 0 Å². The Morgan fingerprint density at radius 3 is 2.56 bits per heavy atom. The van der Waals surface area contributed by atoms with E-state index in [9.17, 15) is 0 Å². The van der Waals surface area contributed by atoms with Gasteiger partial charge in [0.25, 0.3) is 0 Å². The Morgan fingerprint density at radius 2 is 2.00 bits per heavy atom. The van der Waals surface area contributed by atoms with Gasteiger partial charge in [-0.25, -0.2) is 0 Å². The fraction of sp³-hybridized carbons (Fsp3) is 0.688. The fourth-order valence-corrected chi connectivity index (χ4v) is 2.51. The summed E-state index contributed by atoms with van der Waals surface area (Å²) in [6.07, 6.45) is 7.33. The molecule has 0 radical (unpaired) electrons. The molecule has 100 valence electrons. The van der Waals surface area contributed by atoms with E-state index in [-0.39, 0.29) is 0 Å². The van der Waals surface area contributed by atoms with Crippen molar-refractivity contribution < 1.29 is 0 Å². The van der Waals surface area contributed by atoms with Crippen molar-refractivity contribution in [1.82, 2.24) is 10.3 Å². The number of hydrogen-bond acceptors (Lipinski definition) is 2. The first-order valence-corrected chi connectivity index (χ1v) is 7.33. The third kappa shape index (κ3) is 4.09.